The van der Waals surface area contributed by atoms with Crippen molar-refractivity contribution in [2.75, 3.05) is 5.73 Å². The summed E-state index contributed by atoms with van der Waals surface area (Å²) in [7, 11) is 0. The molecule has 0 amide bonds. The Morgan fingerprint density at radius 3 is 2.72 bits per heavy atom. The van der Waals surface area contributed by atoms with Crippen molar-refractivity contribution in [1.82, 2.24) is 15.0 Å². The van der Waals surface area contributed by atoms with Crippen LogP contribution in [0.2, 0.25) is 0 Å². The largest absolute Gasteiger partial charge is 0.381 e. The number of nitrogens with two attached hydrogens (primary N) is 1. The van der Waals surface area contributed by atoms with Crippen LogP contribution in [-0.4, -0.2) is 15.0 Å². The van der Waals surface area contributed by atoms with Crippen molar-refractivity contribution in [3.8, 4) is 5.69 Å². The van der Waals surface area contributed by atoms with Crippen LogP contribution >= 0.6 is 15.9 Å². The molecular weight excluding hydrogens is 306 g/mol. The minimum Gasteiger partial charge on any atom is -0.381 e. The van der Waals surface area contributed by atoms with Gasteiger partial charge in [0.05, 0.1) is 10.2 Å². The van der Waals surface area contributed by atoms with Crippen molar-refractivity contribution < 1.29 is 8.78 Å². The van der Waals surface area contributed by atoms with Crippen LogP contribution in [0, 0.1) is 11.6 Å². The average Bonchev–Trinajstić information content (AvgIpc) is 2.67. The van der Waals surface area contributed by atoms with E-state index < -0.39 is 11.6 Å². The van der Waals surface area contributed by atoms with Gasteiger partial charge < -0.3 is 5.73 Å². The van der Waals surface area contributed by atoms with Crippen molar-refractivity contribution in [3.05, 3.63) is 33.9 Å². The molecule has 0 aliphatic heterocycles. The van der Waals surface area contributed by atoms with Gasteiger partial charge in [-0.25, -0.2) is 13.5 Å². The Bertz CT molecular complexity index is 583. The van der Waals surface area contributed by atoms with Crippen molar-refractivity contribution in [1.29, 1.82) is 0 Å². The predicted molar refractivity (Wildman–Crippen MR) is 67.4 cm³/mol. The highest BCUT2D eigenvalue weighted by Gasteiger charge is 2.16. The molecule has 0 atom stereocenters. The van der Waals surface area contributed by atoms with E-state index in [1.165, 1.54) is 10.7 Å². The number of hydrogen-bond acceptors (Lipinski definition) is 3. The third-order valence-electron chi connectivity index (χ3n) is 2.50. The van der Waals surface area contributed by atoms with Crippen LogP contribution in [-0.2, 0) is 6.42 Å². The lowest BCUT2D eigenvalue weighted by atomic mass is 10.2. The molecule has 0 saturated heterocycles. The van der Waals surface area contributed by atoms with E-state index in [1.807, 2.05) is 6.92 Å². The van der Waals surface area contributed by atoms with Gasteiger partial charge in [0.25, 0.3) is 0 Å². The molecule has 18 heavy (non-hydrogen) atoms. The molecular formula is C11H11BrF2N4. The van der Waals surface area contributed by atoms with Gasteiger partial charge in [-0.3, -0.25) is 0 Å². The van der Waals surface area contributed by atoms with Crippen LogP contribution in [0.1, 0.15) is 19.0 Å². The first-order valence-corrected chi connectivity index (χ1v) is 6.18. The number of aromatic nitrogens is 3. The first-order chi connectivity index (χ1) is 8.54. The summed E-state index contributed by atoms with van der Waals surface area (Å²) >= 11 is 3.01. The number of hydrogen-bond donors (Lipinski definition) is 1. The lowest BCUT2D eigenvalue weighted by Gasteiger charge is -2.08. The second-order valence-corrected chi connectivity index (χ2v) is 4.66. The third kappa shape index (κ3) is 2.22. The molecule has 0 radical (unpaired) electrons. The highest BCUT2D eigenvalue weighted by atomic mass is 79.9. The lowest BCUT2D eigenvalue weighted by molar-refractivity contribution is 0.565. The summed E-state index contributed by atoms with van der Waals surface area (Å²) in [5, 5.41) is 7.51. The number of halogens is 3. The first kappa shape index (κ1) is 12.9. The highest BCUT2D eigenvalue weighted by molar-refractivity contribution is 9.10. The molecule has 1 aromatic heterocycles. The maximum Gasteiger partial charge on any atom is 0.169 e. The minimum absolute atomic E-state index is 0.121. The minimum atomic E-state index is -0.710. The fourth-order valence-electron chi connectivity index (χ4n) is 1.65. The van der Waals surface area contributed by atoms with Gasteiger partial charge in [0.1, 0.15) is 11.5 Å². The van der Waals surface area contributed by atoms with Gasteiger partial charge in [-0.05, 0) is 28.4 Å². The molecule has 2 aromatic rings. The average molecular weight is 317 g/mol. The van der Waals surface area contributed by atoms with Gasteiger partial charge in [0.15, 0.2) is 11.6 Å². The van der Waals surface area contributed by atoms with Crippen LogP contribution in [0.15, 0.2) is 16.6 Å². The van der Waals surface area contributed by atoms with E-state index in [-0.39, 0.29) is 16.0 Å². The van der Waals surface area contributed by atoms with E-state index in [0.717, 1.165) is 12.5 Å². The van der Waals surface area contributed by atoms with Crippen LogP contribution in [0.25, 0.3) is 5.69 Å². The fourth-order valence-corrected chi connectivity index (χ4v) is 1.98. The zero-order valence-corrected chi connectivity index (χ0v) is 11.2. The summed E-state index contributed by atoms with van der Waals surface area (Å²) in [4.78, 5) is 0. The van der Waals surface area contributed by atoms with Gasteiger partial charge in [-0.2, -0.15) is 0 Å². The normalized spacial score (nSPS) is 10.9. The molecule has 96 valence electrons. The Kier molecular flexibility index (Phi) is 3.60. The topological polar surface area (TPSA) is 56.7 Å². The Morgan fingerprint density at radius 1 is 1.33 bits per heavy atom. The lowest BCUT2D eigenvalue weighted by Crippen LogP contribution is -2.06. The summed E-state index contributed by atoms with van der Waals surface area (Å²) in [6.45, 7) is 1.97. The summed E-state index contributed by atoms with van der Waals surface area (Å²) in [5.74, 6) is -1.11. The predicted octanol–water partition coefficient (Wildman–Crippen LogP) is 2.84. The number of anilines is 1. The molecule has 1 aromatic carbocycles. The van der Waals surface area contributed by atoms with Crippen molar-refractivity contribution in [2.45, 2.75) is 19.8 Å². The Balaban J connectivity index is 2.58. The van der Waals surface area contributed by atoms with Crippen LogP contribution < -0.4 is 5.73 Å². The fraction of sp³-hybridized carbons (Fsp3) is 0.273. The van der Waals surface area contributed by atoms with Crippen molar-refractivity contribution in [2.24, 2.45) is 0 Å². The molecule has 2 N–H and O–H groups in total. The van der Waals surface area contributed by atoms with Crippen LogP contribution in [0.3, 0.4) is 0 Å². The highest BCUT2D eigenvalue weighted by Crippen LogP contribution is 2.24. The van der Waals surface area contributed by atoms with Crippen LogP contribution in [0.5, 0.6) is 0 Å². The monoisotopic (exact) mass is 316 g/mol. The molecule has 0 fully saturated rings. The number of rotatable bonds is 3. The summed E-state index contributed by atoms with van der Waals surface area (Å²) in [5.41, 5.74) is 6.42. The van der Waals surface area contributed by atoms with E-state index >= 15 is 0 Å². The molecule has 0 aliphatic rings. The molecule has 0 bridgehead atoms. The summed E-state index contributed by atoms with van der Waals surface area (Å²) in [6, 6.07) is 2.12. The van der Waals surface area contributed by atoms with E-state index in [9.17, 15) is 8.78 Å². The van der Waals surface area contributed by atoms with Gasteiger partial charge in [-0.15, -0.1) is 5.10 Å². The SMILES string of the molecule is CCCc1c(N)nnn1-c1cc(Br)c(F)cc1F. The van der Waals surface area contributed by atoms with Gasteiger partial charge in [-0.1, -0.05) is 18.6 Å². The number of nitrogen functional groups attached to an aromatic ring is 1. The molecule has 1 heterocycles. The molecule has 0 unspecified atom stereocenters. The zero-order valence-electron chi connectivity index (χ0n) is 9.62. The third-order valence-corrected chi connectivity index (χ3v) is 3.11. The van der Waals surface area contributed by atoms with E-state index in [2.05, 4.69) is 26.2 Å². The maximum atomic E-state index is 13.8. The standard InChI is InChI=1S/C11H11BrF2N4/c1-2-3-9-11(15)16-17-18(9)10-4-6(12)7(13)5-8(10)14/h4-5H,2-3,15H2,1H3. The van der Waals surface area contributed by atoms with Gasteiger partial charge >= 0.3 is 0 Å². The number of benzene rings is 1. The smallest absolute Gasteiger partial charge is 0.169 e. The Morgan fingerprint density at radius 2 is 2.06 bits per heavy atom. The maximum absolute atomic E-state index is 13.8. The molecule has 0 aliphatic carbocycles. The van der Waals surface area contributed by atoms with E-state index in [1.54, 1.807) is 0 Å². The molecule has 0 spiro atoms. The Labute approximate surface area is 111 Å². The molecule has 7 heteroatoms. The van der Waals surface area contributed by atoms with Crippen molar-refractivity contribution in [3.63, 3.8) is 0 Å². The van der Waals surface area contributed by atoms with E-state index in [0.29, 0.717) is 12.1 Å². The van der Waals surface area contributed by atoms with Crippen molar-refractivity contribution >= 4 is 21.7 Å². The zero-order chi connectivity index (χ0) is 13.3. The second kappa shape index (κ2) is 5.01. The summed E-state index contributed by atoms with van der Waals surface area (Å²) < 4.78 is 28.4. The quantitative estimate of drug-likeness (QED) is 0.886. The first-order valence-electron chi connectivity index (χ1n) is 5.39. The van der Waals surface area contributed by atoms with Crippen LogP contribution in [0.4, 0.5) is 14.6 Å². The number of nitrogens with zero attached hydrogens (tertiary/aromatic N) is 3. The Hall–Kier alpha value is -1.50. The van der Waals surface area contributed by atoms with Gasteiger partial charge in [0, 0.05) is 6.07 Å². The molecule has 0 saturated carbocycles. The molecule has 2 rings (SSSR count). The molecule has 4 nitrogen and oxygen atoms in total. The van der Waals surface area contributed by atoms with E-state index in [4.69, 9.17) is 5.73 Å². The van der Waals surface area contributed by atoms with Gasteiger partial charge in [0.2, 0.25) is 0 Å². The second-order valence-electron chi connectivity index (χ2n) is 3.80. The summed E-state index contributed by atoms with van der Waals surface area (Å²) in [6.07, 6.45) is 1.44.